The van der Waals surface area contributed by atoms with Gasteiger partial charge in [-0.25, -0.2) is 0 Å². The fourth-order valence-corrected chi connectivity index (χ4v) is 3.02. The maximum Gasteiger partial charge on any atom is 0.224 e. The fraction of sp³-hybridized carbons (Fsp3) is 0.368. The van der Waals surface area contributed by atoms with Gasteiger partial charge in [0, 0.05) is 29.6 Å². The summed E-state index contributed by atoms with van der Waals surface area (Å²) in [4.78, 5) is 27.6. The van der Waals surface area contributed by atoms with Gasteiger partial charge in [-0.1, -0.05) is 12.1 Å². The highest BCUT2D eigenvalue weighted by Crippen LogP contribution is 2.16. The van der Waals surface area contributed by atoms with E-state index < -0.39 is 0 Å². The first-order chi connectivity index (χ1) is 11.7. The van der Waals surface area contributed by atoms with Crippen molar-refractivity contribution in [2.24, 2.45) is 0 Å². The van der Waals surface area contributed by atoms with Gasteiger partial charge in [0.25, 0.3) is 0 Å². The minimum Gasteiger partial charge on any atom is -0.494 e. The third kappa shape index (κ3) is 3.67. The summed E-state index contributed by atoms with van der Waals surface area (Å²) in [5, 5.41) is 2.86. The van der Waals surface area contributed by atoms with Gasteiger partial charge in [-0.3, -0.25) is 9.59 Å². The minimum atomic E-state index is -0.146. The molecule has 5 heteroatoms. The first-order valence-corrected chi connectivity index (χ1v) is 8.38. The molecule has 0 radical (unpaired) electrons. The van der Waals surface area contributed by atoms with E-state index in [1.807, 2.05) is 31.2 Å². The summed E-state index contributed by atoms with van der Waals surface area (Å²) in [6, 6.07) is 7.62. The lowest BCUT2D eigenvalue weighted by Crippen LogP contribution is -2.27. The van der Waals surface area contributed by atoms with E-state index in [-0.39, 0.29) is 17.8 Å². The molecule has 1 amide bonds. The second-order valence-electron chi connectivity index (χ2n) is 5.98. The zero-order valence-electron chi connectivity index (χ0n) is 13.9. The molecule has 1 heterocycles. The van der Waals surface area contributed by atoms with Crippen molar-refractivity contribution >= 4 is 5.91 Å². The van der Waals surface area contributed by atoms with Crippen molar-refractivity contribution in [2.75, 3.05) is 6.61 Å². The van der Waals surface area contributed by atoms with E-state index in [1.165, 1.54) is 0 Å². The van der Waals surface area contributed by atoms with Crippen LogP contribution in [0.25, 0.3) is 0 Å². The number of aromatic nitrogens is 1. The Kier molecular flexibility index (Phi) is 4.99. The Morgan fingerprint density at radius 3 is 2.79 bits per heavy atom. The van der Waals surface area contributed by atoms with Gasteiger partial charge in [-0.2, -0.15) is 0 Å². The molecule has 0 spiro atoms. The second-order valence-corrected chi connectivity index (χ2v) is 5.98. The zero-order chi connectivity index (χ0) is 16.9. The van der Waals surface area contributed by atoms with E-state index in [4.69, 9.17) is 4.74 Å². The number of carbonyl (C=O) groups is 1. The molecule has 24 heavy (non-hydrogen) atoms. The molecule has 1 aromatic heterocycles. The Bertz CT molecular complexity index is 778. The molecule has 0 bridgehead atoms. The lowest BCUT2D eigenvalue weighted by Gasteiger charge is -2.08. The SMILES string of the molecule is CCOc1ccc(CNC(=O)Cc2c[nH]c3c(c2=O)CCC3)cc1. The highest BCUT2D eigenvalue weighted by Gasteiger charge is 2.17. The number of pyridine rings is 1. The van der Waals surface area contributed by atoms with E-state index in [0.29, 0.717) is 18.7 Å². The number of nitrogens with one attached hydrogen (secondary N) is 2. The van der Waals surface area contributed by atoms with Crippen LogP contribution in [0.15, 0.2) is 35.3 Å². The summed E-state index contributed by atoms with van der Waals surface area (Å²) in [6.45, 7) is 3.01. The van der Waals surface area contributed by atoms with Crippen LogP contribution >= 0.6 is 0 Å². The van der Waals surface area contributed by atoms with E-state index in [9.17, 15) is 9.59 Å². The maximum absolute atomic E-state index is 12.4. The minimum absolute atomic E-state index is 0.0254. The van der Waals surface area contributed by atoms with Crippen molar-refractivity contribution in [3.63, 3.8) is 0 Å². The number of H-pyrrole nitrogens is 1. The quantitative estimate of drug-likeness (QED) is 0.854. The van der Waals surface area contributed by atoms with Gasteiger partial charge in [-0.05, 0) is 43.9 Å². The number of fused-ring (bicyclic) bond motifs is 1. The monoisotopic (exact) mass is 326 g/mol. The smallest absolute Gasteiger partial charge is 0.224 e. The van der Waals surface area contributed by atoms with Crippen LogP contribution < -0.4 is 15.5 Å². The Morgan fingerprint density at radius 2 is 2.04 bits per heavy atom. The van der Waals surface area contributed by atoms with Crippen molar-refractivity contribution in [3.05, 3.63) is 63.1 Å². The number of ether oxygens (including phenoxy) is 1. The Labute approximate surface area is 141 Å². The van der Waals surface area contributed by atoms with Crippen LogP contribution in [-0.4, -0.2) is 17.5 Å². The summed E-state index contributed by atoms with van der Waals surface area (Å²) in [7, 11) is 0. The molecule has 5 nitrogen and oxygen atoms in total. The van der Waals surface area contributed by atoms with E-state index >= 15 is 0 Å². The third-order valence-corrected chi connectivity index (χ3v) is 4.28. The molecular weight excluding hydrogens is 304 g/mol. The van der Waals surface area contributed by atoms with Crippen LogP contribution in [0, 0.1) is 0 Å². The predicted molar refractivity (Wildman–Crippen MR) is 92.2 cm³/mol. The average molecular weight is 326 g/mol. The number of aryl methyl sites for hydroxylation is 1. The molecule has 126 valence electrons. The fourth-order valence-electron chi connectivity index (χ4n) is 3.02. The van der Waals surface area contributed by atoms with E-state index in [1.54, 1.807) is 6.20 Å². The van der Waals surface area contributed by atoms with Gasteiger partial charge in [0.1, 0.15) is 5.75 Å². The average Bonchev–Trinajstić information content (AvgIpc) is 3.07. The molecule has 0 saturated heterocycles. The van der Waals surface area contributed by atoms with E-state index in [0.717, 1.165) is 41.8 Å². The normalized spacial score (nSPS) is 12.7. The van der Waals surface area contributed by atoms with Crippen molar-refractivity contribution in [2.45, 2.75) is 39.2 Å². The Morgan fingerprint density at radius 1 is 1.25 bits per heavy atom. The zero-order valence-corrected chi connectivity index (χ0v) is 13.9. The van der Waals surface area contributed by atoms with Gasteiger partial charge in [-0.15, -0.1) is 0 Å². The number of hydrogen-bond acceptors (Lipinski definition) is 3. The number of benzene rings is 1. The van der Waals surface area contributed by atoms with Crippen molar-refractivity contribution < 1.29 is 9.53 Å². The molecule has 0 fully saturated rings. The topological polar surface area (TPSA) is 71.2 Å². The highest BCUT2D eigenvalue weighted by atomic mass is 16.5. The lowest BCUT2D eigenvalue weighted by molar-refractivity contribution is -0.120. The molecular formula is C19H22N2O3. The number of aromatic amines is 1. The van der Waals surface area contributed by atoms with Gasteiger partial charge < -0.3 is 15.0 Å². The van der Waals surface area contributed by atoms with Crippen LogP contribution in [0.4, 0.5) is 0 Å². The predicted octanol–water partition coefficient (Wildman–Crippen LogP) is 2.12. The second kappa shape index (κ2) is 7.34. The summed E-state index contributed by atoms with van der Waals surface area (Å²) in [6.07, 6.45) is 4.54. The molecule has 1 aliphatic rings. The van der Waals surface area contributed by atoms with Crippen molar-refractivity contribution in [3.8, 4) is 5.75 Å². The molecule has 0 saturated carbocycles. The molecule has 0 atom stereocenters. The van der Waals surface area contributed by atoms with Crippen molar-refractivity contribution in [1.29, 1.82) is 0 Å². The molecule has 0 unspecified atom stereocenters. The number of amides is 1. The maximum atomic E-state index is 12.4. The summed E-state index contributed by atoms with van der Waals surface area (Å²) >= 11 is 0. The largest absolute Gasteiger partial charge is 0.494 e. The van der Waals surface area contributed by atoms with Crippen LogP contribution in [0.2, 0.25) is 0 Å². The van der Waals surface area contributed by atoms with Crippen LogP contribution in [0.3, 0.4) is 0 Å². The Hall–Kier alpha value is -2.56. The first-order valence-electron chi connectivity index (χ1n) is 8.38. The lowest BCUT2D eigenvalue weighted by atomic mass is 10.1. The molecule has 2 N–H and O–H groups in total. The summed E-state index contributed by atoms with van der Waals surface area (Å²) in [5.74, 6) is 0.671. The first kappa shape index (κ1) is 16.3. The van der Waals surface area contributed by atoms with Gasteiger partial charge >= 0.3 is 0 Å². The molecule has 2 aromatic rings. The van der Waals surface area contributed by atoms with Crippen molar-refractivity contribution in [1.82, 2.24) is 10.3 Å². The van der Waals surface area contributed by atoms with Gasteiger partial charge in [0.2, 0.25) is 5.91 Å². The standard InChI is InChI=1S/C19H22N2O3/c1-2-24-15-8-6-13(7-9-15)11-21-18(22)10-14-12-20-17-5-3-4-16(17)19(14)23/h6-9,12H,2-5,10-11H2,1H3,(H,20,23)(H,21,22). The van der Waals surface area contributed by atoms with E-state index in [2.05, 4.69) is 10.3 Å². The van der Waals surface area contributed by atoms with Crippen LogP contribution in [0.5, 0.6) is 5.75 Å². The van der Waals surface area contributed by atoms with Gasteiger partial charge in [0.05, 0.1) is 13.0 Å². The summed E-state index contributed by atoms with van der Waals surface area (Å²) in [5.41, 5.74) is 3.44. The Balaban J connectivity index is 1.57. The number of carbonyl (C=O) groups excluding carboxylic acids is 1. The van der Waals surface area contributed by atoms with Crippen LogP contribution in [-0.2, 0) is 30.6 Å². The number of hydrogen-bond donors (Lipinski definition) is 2. The number of rotatable bonds is 6. The molecule has 1 aliphatic carbocycles. The molecule has 1 aromatic carbocycles. The highest BCUT2D eigenvalue weighted by molar-refractivity contribution is 5.78. The van der Waals surface area contributed by atoms with Gasteiger partial charge in [0.15, 0.2) is 5.43 Å². The molecule has 3 rings (SSSR count). The molecule has 0 aliphatic heterocycles. The summed E-state index contributed by atoms with van der Waals surface area (Å²) < 4.78 is 5.39. The van der Waals surface area contributed by atoms with Crippen LogP contribution in [0.1, 0.15) is 35.7 Å². The third-order valence-electron chi connectivity index (χ3n) is 4.28.